The monoisotopic (exact) mass is 380 g/mol. The largest absolute Gasteiger partial charge is 0.342 e. The molecule has 1 amide bonds. The van der Waals surface area contributed by atoms with E-state index in [2.05, 4.69) is 39.8 Å². The number of carbonyl (C=O) groups excluding carboxylic acids is 1. The van der Waals surface area contributed by atoms with E-state index in [1.807, 2.05) is 25.4 Å². The van der Waals surface area contributed by atoms with Crippen LogP contribution in [-0.4, -0.2) is 58.9 Å². The highest BCUT2D eigenvalue weighted by Gasteiger charge is 2.31. The molecular formula is C23H32N4O. The van der Waals surface area contributed by atoms with Crippen molar-refractivity contribution in [3.05, 3.63) is 35.8 Å². The van der Waals surface area contributed by atoms with Crippen molar-refractivity contribution in [3.8, 4) is 0 Å². The van der Waals surface area contributed by atoms with Crippen LogP contribution in [0.1, 0.15) is 49.8 Å². The first-order valence-corrected chi connectivity index (χ1v) is 10.7. The fraction of sp³-hybridized carbons (Fsp3) is 0.609. The first-order chi connectivity index (χ1) is 13.5. The molecule has 2 aliphatic heterocycles. The Hall–Kier alpha value is -2.01. The molecule has 5 heteroatoms. The Morgan fingerprint density at radius 2 is 2.00 bits per heavy atom. The number of aromatic nitrogens is 2. The van der Waals surface area contributed by atoms with Gasteiger partial charge in [0.15, 0.2) is 0 Å². The molecular weight excluding hydrogens is 348 g/mol. The average Bonchev–Trinajstić information content (AvgIpc) is 2.70. The van der Waals surface area contributed by atoms with Gasteiger partial charge in [0.1, 0.15) is 0 Å². The predicted octanol–water partition coefficient (Wildman–Crippen LogP) is 3.62. The second-order valence-corrected chi connectivity index (χ2v) is 8.99. The van der Waals surface area contributed by atoms with E-state index in [0.29, 0.717) is 30.1 Å². The van der Waals surface area contributed by atoms with Gasteiger partial charge in [0.2, 0.25) is 5.91 Å². The molecule has 0 unspecified atom stereocenters. The predicted molar refractivity (Wildman–Crippen MR) is 112 cm³/mol. The lowest BCUT2D eigenvalue weighted by Gasteiger charge is -2.38. The van der Waals surface area contributed by atoms with E-state index in [-0.39, 0.29) is 0 Å². The summed E-state index contributed by atoms with van der Waals surface area (Å²) in [6.45, 7) is 8.21. The van der Waals surface area contributed by atoms with Crippen molar-refractivity contribution in [1.82, 2.24) is 19.8 Å². The van der Waals surface area contributed by atoms with Crippen LogP contribution in [0, 0.1) is 18.8 Å². The Morgan fingerprint density at radius 1 is 1.21 bits per heavy atom. The maximum atomic E-state index is 13.1. The Bertz CT molecular complexity index is 844. The minimum atomic E-state index is 0.338. The third-order valence-electron chi connectivity index (χ3n) is 6.61. The number of pyridine rings is 2. The van der Waals surface area contributed by atoms with Gasteiger partial charge in [0.05, 0.1) is 11.2 Å². The zero-order valence-electron chi connectivity index (χ0n) is 17.4. The zero-order chi connectivity index (χ0) is 19.7. The first-order valence-electron chi connectivity index (χ1n) is 10.7. The maximum absolute atomic E-state index is 13.1. The van der Waals surface area contributed by atoms with Crippen LogP contribution in [0.25, 0.3) is 10.9 Å². The number of aryl methyl sites for hydroxylation is 1. The molecule has 0 bridgehead atoms. The van der Waals surface area contributed by atoms with Crippen molar-refractivity contribution in [1.29, 1.82) is 0 Å². The van der Waals surface area contributed by atoms with Gasteiger partial charge in [-0.3, -0.25) is 14.8 Å². The quantitative estimate of drug-likeness (QED) is 0.816. The number of rotatable bonds is 3. The van der Waals surface area contributed by atoms with Crippen LogP contribution >= 0.6 is 0 Å². The fourth-order valence-electron chi connectivity index (χ4n) is 4.97. The van der Waals surface area contributed by atoms with Crippen LogP contribution in [-0.2, 0) is 4.79 Å². The molecule has 2 saturated heterocycles. The van der Waals surface area contributed by atoms with E-state index < -0.39 is 0 Å². The number of piperidine rings is 2. The molecule has 2 aromatic heterocycles. The molecule has 0 saturated carbocycles. The van der Waals surface area contributed by atoms with Crippen LogP contribution < -0.4 is 0 Å². The normalized spacial score (nSPS) is 24.6. The molecule has 2 fully saturated rings. The number of hydrogen-bond donors (Lipinski definition) is 0. The Kier molecular flexibility index (Phi) is 5.63. The minimum Gasteiger partial charge on any atom is -0.342 e. The average molecular weight is 381 g/mol. The number of nitrogens with zero attached hydrogens (tertiary/aromatic N) is 4. The summed E-state index contributed by atoms with van der Waals surface area (Å²) in [5, 5.41) is 1.19. The maximum Gasteiger partial charge on any atom is 0.222 e. The Morgan fingerprint density at radius 3 is 2.79 bits per heavy atom. The third kappa shape index (κ3) is 4.04. The van der Waals surface area contributed by atoms with Gasteiger partial charge in [-0.1, -0.05) is 13.0 Å². The fourth-order valence-corrected chi connectivity index (χ4v) is 4.97. The number of fused-ring (bicyclic) bond motifs is 1. The van der Waals surface area contributed by atoms with E-state index in [1.165, 1.54) is 10.9 Å². The molecule has 4 rings (SSSR count). The van der Waals surface area contributed by atoms with E-state index in [4.69, 9.17) is 0 Å². The summed E-state index contributed by atoms with van der Waals surface area (Å²) in [4.78, 5) is 26.7. The zero-order valence-corrected chi connectivity index (χ0v) is 17.4. The van der Waals surface area contributed by atoms with Crippen molar-refractivity contribution in [3.63, 3.8) is 0 Å². The van der Waals surface area contributed by atoms with Crippen LogP contribution in [0.3, 0.4) is 0 Å². The van der Waals surface area contributed by atoms with Crippen molar-refractivity contribution in [2.75, 3.05) is 33.2 Å². The number of likely N-dealkylation sites (tertiary alicyclic amines) is 2. The van der Waals surface area contributed by atoms with E-state index in [9.17, 15) is 4.79 Å². The molecule has 0 spiro atoms. The smallest absolute Gasteiger partial charge is 0.222 e. The summed E-state index contributed by atoms with van der Waals surface area (Å²) in [6, 6.07) is 4.15. The standard InChI is InChI=1S/C23H32N4O/c1-16-11-19(21-13-25-17(2)23-20(21)5-4-8-24-23)15-27(14-16)22(28)12-18-6-9-26(3)10-7-18/h4-5,8,13,16,18-19H,6-7,9-12,14-15H2,1-3H3/t16-,19-/m1/s1. The Balaban J connectivity index is 1.51. The molecule has 2 aliphatic rings. The number of carbonyl (C=O) groups is 1. The van der Waals surface area contributed by atoms with Crippen molar-refractivity contribution >= 4 is 16.8 Å². The second kappa shape index (κ2) is 8.16. The van der Waals surface area contributed by atoms with E-state index in [0.717, 1.165) is 56.7 Å². The summed E-state index contributed by atoms with van der Waals surface area (Å²) in [6.07, 6.45) is 7.96. The Labute approximate surface area is 168 Å². The summed E-state index contributed by atoms with van der Waals surface area (Å²) in [5.41, 5.74) is 3.21. The van der Waals surface area contributed by atoms with Crippen LogP contribution in [0.15, 0.2) is 24.5 Å². The molecule has 0 N–H and O–H groups in total. The van der Waals surface area contributed by atoms with Gasteiger partial charge in [-0.15, -0.1) is 0 Å². The van der Waals surface area contributed by atoms with Crippen molar-refractivity contribution in [2.45, 2.75) is 45.4 Å². The van der Waals surface area contributed by atoms with E-state index >= 15 is 0 Å². The first kappa shape index (κ1) is 19.3. The van der Waals surface area contributed by atoms with Crippen molar-refractivity contribution < 1.29 is 4.79 Å². The van der Waals surface area contributed by atoms with Gasteiger partial charge in [-0.2, -0.15) is 0 Å². The molecule has 0 aromatic carbocycles. The minimum absolute atomic E-state index is 0.338. The van der Waals surface area contributed by atoms with E-state index in [1.54, 1.807) is 0 Å². The highest BCUT2D eigenvalue weighted by Crippen LogP contribution is 2.34. The molecule has 5 nitrogen and oxygen atoms in total. The summed E-state index contributed by atoms with van der Waals surface area (Å²) >= 11 is 0. The SMILES string of the molecule is Cc1ncc([C@@H]2C[C@@H](C)CN(C(=O)CC3CCN(C)CC3)C2)c2cccnc12. The third-order valence-corrected chi connectivity index (χ3v) is 6.61. The van der Waals surface area contributed by atoms with Crippen LogP contribution in [0.4, 0.5) is 0 Å². The molecule has 0 aliphatic carbocycles. The van der Waals surface area contributed by atoms with Crippen molar-refractivity contribution in [2.24, 2.45) is 11.8 Å². The molecule has 28 heavy (non-hydrogen) atoms. The highest BCUT2D eigenvalue weighted by atomic mass is 16.2. The molecule has 4 heterocycles. The van der Waals surface area contributed by atoms with Gasteiger partial charge >= 0.3 is 0 Å². The van der Waals surface area contributed by atoms with Crippen LogP contribution in [0.5, 0.6) is 0 Å². The summed E-state index contributed by atoms with van der Waals surface area (Å²) < 4.78 is 0. The molecule has 2 atom stereocenters. The molecule has 2 aromatic rings. The molecule has 0 radical (unpaired) electrons. The van der Waals surface area contributed by atoms with Gasteiger partial charge < -0.3 is 9.80 Å². The van der Waals surface area contributed by atoms with Crippen LogP contribution in [0.2, 0.25) is 0 Å². The number of hydrogen-bond acceptors (Lipinski definition) is 4. The topological polar surface area (TPSA) is 49.3 Å². The van der Waals surface area contributed by atoms with Gasteiger partial charge in [0, 0.05) is 43.2 Å². The summed E-state index contributed by atoms with van der Waals surface area (Å²) in [7, 11) is 2.17. The highest BCUT2D eigenvalue weighted by molar-refractivity contribution is 5.84. The molecule has 150 valence electrons. The summed E-state index contributed by atoms with van der Waals surface area (Å²) in [5.74, 6) is 1.73. The second-order valence-electron chi connectivity index (χ2n) is 8.99. The van der Waals surface area contributed by atoms with Gasteiger partial charge in [-0.25, -0.2) is 0 Å². The van der Waals surface area contributed by atoms with Gasteiger partial charge in [-0.05, 0) is 69.8 Å². The number of amides is 1. The lowest BCUT2D eigenvalue weighted by Crippen LogP contribution is -2.43. The lowest BCUT2D eigenvalue weighted by molar-refractivity contribution is -0.134. The van der Waals surface area contributed by atoms with Gasteiger partial charge in [0.25, 0.3) is 0 Å². The lowest BCUT2D eigenvalue weighted by atomic mass is 9.84.